The number of fused-ring (bicyclic) bond motifs is 2. The third kappa shape index (κ3) is 4.59. The summed E-state index contributed by atoms with van der Waals surface area (Å²) in [6.45, 7) is 0. The van der Waals surface area contributed by atoms with E-state index in [9.17, 15) is 0 Å². The topological polar surface area (TPSA) is 34.6 Å². The summed E-state index contributed by atoms with van der Waals surface area (Å²) in [6.07, 6.45) is 8.81. The minimum absolute atomic E-state index is 0.985. The van der Waals surface area contributed by atoms with Gasteiger partial charge in [0.1, 0.15) is 0 Å². The van der Waals surface area contributed by atoms with Crippen LogP contribution in [0.3, 0.4) is 0 Å². The van der Waals surface area contributed by atoms with Gasteiger partial charge in [0, 0.05) is 0 Å². The van der Waals surface area contributed by atoms with Gasteiger partial charge in [0.15, 0.2) is 0 Å². The molecule has 6 heterocycles. The van der Waals surface area contributed by atoms with E-state index in [0.29, 0.717) is 0 Å². The molecule has 226 valence electrons. The number of hydrogen-bond acceptors (Lipinski definition) is 2. The number of aromatic nitrogens is 2. The van der Waals surface area contributed by atoms with Crippen molar-refractivity contribution < 1.29 is 0 Å². The first-order valence-corrected chi connectivity index (χ1v) is 19.1. The quantitative estimate of drug-likeness (QED) is 0.172. The van der Waals surface area contributed by atoms with E-state index in [4.69, 9.17) is 9.98 Å². The van der Waals surface area contributed by atoms with Crippen molar-refractivity contribution in [1.82, 2.24) is 5.58 Å². The molecule has 0 spiro atoms. The van der Waals surface area contributed by atoms with Crippen LogP contribution in [0.2, 0.25) is 0 Å². The van der Waals surface area contributed by atoms with Crippen LogP contribution in [-0.4, -0.2) is 38.7 Å². The van der Waals surface area contributed by atoms with Crippen LogP contribution < -0.4 is 10.7 Å². The Hall–Kier alpha value is -5.72. The third-order valence-corrected chi connectivity index (χ3v) is 13.4. The molecule has 6 bridgehead atoms. The molecule has 4 nitrogen and oxygen atoms in total. The van der Waals surface area contributed by atoms with Crippen LogP contribution in [0.1, 0.15) is 33.6 Å². The van der Waals surface area contributed by atoms with Gasteiger partial charge in [-0.1, -0.05) is 0 Å². The molecule has 0 unspecified atom stereocenters. The zero-order valence-corrected chi connectivity index (χ0v) is 29.3. The fourth-order valence-corrected chi connectivity index (χ4v) is 11.3. The molecule has 0 saturated carbocycles. The van der Waals surface area contributed by atoms with Crippen LogP contribution in [-0.2, 0) is 0 Å². The molecule has 4 aliphatic heterocycles. The van der Waals surface area contributed by atoms with Crippen molar-refractivity contribution in [3.63, 3.8) is 0 Å². The Morgan fingerprint density at radius 2 is 0.714 bits per heavy atom. The standard InChI is InChI=1S/C44H28N4.Sn/c1-5-13-29(14-6-1)41-33-21-23-35(45-33)42(30-15-7-2-8-16-30)37-25-27-39(47-37)44(32-19-11-4-12-20-32)40-28-26-38(48-40)43(31-17-9-3-10-18-31)36-24-22-34(41)46-36;/h1-28H;/q-2;+4. The van der Waals surface area contributed by atoms with Crippen LogP contribution in [0, 0.1) is 0 Å². The average Bonchev–Trinajstić information content (AvgIpc) is 3.98. The van der Waals surface area contributed by atoms with Gasteiger partial charge >= 0.3 is 297 Å². The molecule has 2 aromatic heterocycles. The predicted molar refractivity (Wildman–Crippen MR) is 201 cm³/mol. The molecular formula is C44H28N4Sn+2. The van der Waals surface area contributed by atoms with E-state index < -0.39 is 21.7 Å². The first kappa shape index (κ1) is 28.3. The molecule has 0 N–H and O–H groups in total. The molecule has 0 aliphatic carbocycles. The fraction of sp³-hybridized carbons (Fsp3) is 0. The maximum atomic E-state index is 5.45. The molecule has 4 aromatic carbocycles. The molecule has 0 fully saturated rings. The summed E-state index contributed by atoms with van der Waals surface area (Å²) in [5.74, 6) is 0. The van der Waals surface area contributed by atoms with Crippen LogP contribution in [0.5, 0.6) is 0 Å². The van der Waals surface area contributed by atoms with Gasteiger partial charge in [-0.3, -0.25) is 0 Å². The van der Waals surface area contributed by atoms with Crippen LogP contribution in [0.15, 0.2) is 191 Å². The minimum atomic E-state index is -1.70. The molecule has 5 heteroatoms. The van der Waals surface area contributed by atoms with Crippen LogP contribution >= 0.6 is 0 Å². The summed E-state index contributed by atoms with van der Waals surface area (Å²) in [4.78, 5) is 10.9. The van der Waals surface area contributed by atoms with Gasteiger partial charge in [-0.25, -0.2) is 0 Å². The number of aliphatic imine (C=N–C) groups is 2. The van der Waals surface area contributed by atoms with Crippen molar-refractivity contribution in [2.24, 2.45) is 9.98 Å². The first-order chi connectivity index (χ1) is 24.3. The van der Waals surface area contributed by atoms with Crippen molar-refractivity contribution in [3.05, 3.63) is 226 Å². The SMILES string of the molecule is C1=CC2=C(c3ccccc3)c3ccc4[n]3[Sn+2][n]3c(ccc3=C(c3ccccc3)C3=NC(=C4c4ccccc4)C=C3)=C(c3ccccc3)C1=N2. The summed E-state index contributed by atoms with van der Waals surface area (Å²) in [6, 6.07) is 52.3. The molecule has 4 aliphatic rings. The van der Waals surface area contributed by atoms with Gasteiger partial charge in [0.25, 0.3) is 0 Å². The van der Waals surface area contributed by atoms with Crippen molar-refractivity contribution in [2.45, 2.75) is 0 Å². The van der Waals surface area contributed by atoms with Crippen LogP contribution in [0.25, 0.3) is 22.3 Å². The van der Waals surface area contributed by atoms with Crippen molar-refractivity contribution in [2.75, 3.05) is 0 Å². The maximum absolute atomic E-state index is 5.45. The number of nitrogens with zero attached hydrogens (tertiary/aromatic N) is 4. The second kappa shape index (κ2) is 11.5. The molecule has 0 radical (unpaired) electrons. The van der Waals surface area contributed by atoms with Crippen molar-refractivity contribution in [3.8, 4) is 0 Å². The number of rotatable bonds is 4. The Morgan fingerprint density at radius 1 is 0.347 bits per heavy atom. The Kier molecular flexibility index (Phi) is 6.62. The Bertz CT molecular complexity index is 2450. The van der Waals surface area contributed by atoms with E-state index in [-0.39, 0.29) is 0 Å². The number of allylic oxidation sites excluding steroid dienone is 4. The zero-order chi connectivity index (χ0) is 32.3. The molecule has 49 heavy (non-hydrogen) atoms. The van der Waals surface area contributed by atoms with Gasteiger partial charge in [-0.05, 0) is 0 Å². The van der Waals surface area contributed by atoms with E-state index in [1.807, 2.05) is 0 Å². The monoisotopic (exact) mass is 732 g/mol. The Balaban J connectivity index is 1.43. The normalized spacial score (nSPS) is 15.6. The summed E-state index contributed by atoms with van der Waals surface area (Å²) in [5, 5.41) is 2.38. The summed E-state index contributed by atoms with van der Waals surface area (Å²) >= 11 is -1.70. The van der Waals surface area contributed by atoms with E-state index in [1.54, 1.807) is 0 Å². The Labute approximate surface area is 295 Å². The summed E-state index contributed by atoms with van der Waals surface area (Å²) in [5.41, 5.74) is 15.5. The van der Waals surface area contributed by atoms with Gasteiger partial charge < -0.3 is 0 Å². The predicted octanol–water partition coefficient (Wildman–Crippen LogP) is 7.19. The molecule has 0 saturated heterocycles. The van der Waals surface area contributed by atoms with E-state index in [0.717, 1.165) is 67.4 Å². The Morgan fingerprint density at radius 3 is 1.10 bits per heavy atom. The summed E-state index contributed by atoms with van der Waals surface area (Å²) < 4.78 is 5.29. The molecule has 0 amide bonds. The molecule has 0 atom stereocenters. The van der Waals surface area contributed by atoms with Gasteiger partial charge in [0.2, 0.25) is 0 Å². The number of hydrogen-bond donors (Lipinski definition) is 0. The van der Waals surface area contributed by atoms with Crippen LogP contribution in [0.4, 0.5) is 0 Å². The van der Waals surface area contributed by atoms with Gasteiger partial charge in [0.05, 0.1) is 0 Å². The third-order valence-electron chi connectivity index (χ3n) is 9.54. The fourth-order valence-electron chi connectivity index (χ4n) is 7.38. The van der Waals surface area contributed by atoms with Crippen molar-refractivity contribution >= 4 is 55.4 Å². The second-order valence-corrected chi connectivity index (χ2v) is 15.5. The van der Waals surface area contributed by atoms with Crippen molar-refractivity contribution in [1.29, 1.82) is 0 Å². The summed E-state index contributed by atoms with van der Waals surface area (Å²) in [7, 11) is 0. The van der Waals surface area contributed by atoms with E-state index >= 15 is 0 Å². The average molecular weight is 731 g/mol. The number of benzene rings is 4. The second-order valence-electron chi connectivity index (χ2n) is 12.4. The first-order valence-electron chi connectivity index (χ1n) is 16.5. The van der Waals surface area contributed by atoms with E-state index in [2.05, 4.69) is 175 Å². The zero-order valence-electron chi connectivity index (χ0n) is 26.5. The van der Waals surface area contributed by atoms with Gasteiger partial charge in [-0.15, -0.1) is 0 Å². The molecule has 6 aromatic rings. The van der Waals surface area contributed by atoms with E-state index in [1.165, 1.54) is 22.1 Å². The molecule has 10 rings (SSSR count). The van der Waals surface area contributed by atoms with Gasteiger partial charge in [-0.2, -0.15) is 0 Å². The molecular weight excluding hydrogens is 703 g/mol.